The summed E-state index contributed by atoms with van der Waals surface area (Å²) in [6.07, 6.45) is -0.0691. The lowest BCUT2D eigenvalue weighted by Gasteiger charge is -2.18. The molecule has 8 nitrogen and oxygen atoms in total. The van der Waals surface area contributed by atoms with Crippen LogP contribution < -0.4 is 5.32 Å². The van der Waals surface area contributed by atoms with Gasteiger partial charge in [0, 0.05) is 6.54 Å². The van der Waals surface area contributed by atoms with Crippen LogP contribution in [0, 0.1) is 0 Å². The second-order valence-corrected chi connectivity index (χ2v) is 3.74. The average Bonchev–Trinajstić information content (AvgIpc) is 3.18. The molecule has 17 heavy (non-hydrogen) atoms. The van der Waals surface area contributed by atoms with Gasteiger partial charge in [-0.3, -0.25) is 9.63 Å². The van der Waals surface area contributed by atoms with E-state index in [2.05, 4.69) is 5.32 Å². The van der Waals surface area contributed by atoms with Gasteiger partial charge in [-0.25, -0.2) is 4.79 Å². The molecule has 0 saturated carbocycles. The Kier molecular flexibility index (Phi) is 3.89. The lowest BCUT2D eigenvalue weighted by atomic mass is 10.5. The fourth-order valence-electron chi connectivity index (χ4n) is 1.09. The van der Waals surface area contributed by atoms with Gasteiger partial charge in [0.15, 0.2) is 0 Å². The molecular weight excluding hydrogens is 232 g/mol. The Bertz CT molecular complexity index is 302. The van der Waals surface area contributed by atoms with Crippen molar-refractivity contribution in [2.24, 2.45) is 0 Å². The molecule has 0 aliphatic carbocycles. The van der Waals surface area contributed by atoms with Crippen molar-refractivity contribution in [1.29, 1.82) is 0 Å². The van der Waals surface area contributed by atoms with E-state index in [-0.39, 0.29) is 18.8 Å². The zero-order chi connectivity index (χ0) is 12.3. The molecule has 0 aromatic rings. The molecule has 3 amide bonds. The molecule has 0 aromatic carbocycles. The van der Waals surface area contributed by atoms with Gasteiger partial charge in [0.2, 0.25) is 0 Å². The first-order chi connectivity index (χ1) is 8.20. The van der Waals surface area contributed by atoms with Crippen LogP contribution in [0.5, 0.6) is 0 Å². The van der Waals surface area contributed by atoms with Crippen molar-refractivity contribution in [3.8, 4) is 0 Å². The van der Waals surface area contributed by atoms with E-state index >= 15 is 0 Å². The van der Waals surface area contributed by atoms with Crippen LogP contribution in [0.25, 0.3) is 0 Å². The maximum Gasteiger partial charge on any atom is 0.348 e. The Morgan fingerprint density at radius 1 is 1.35 bits per heavy atom. The Morgan fingerprint density at radius 2 is 2.00 bits per heavy atom. The largest absolute Gasteiger partial charge is 0.386 e. The first-order valence-corrected chi connectivity index (χ1v) is 5.28. The van der Waals surface area contributed by atoms with Gasteiger partial charge < -0.3 is 19.9 Å². The highest BCUT2D eigenvalue weighted by molar-refractivity contribution is 5.93. The average molecular weight is 246 g/mol. The summed E-state index contributed by atoms with van der Waals surface area (Å²) in [5.74, 6) is -0.820. The maximum absolute atomic E-state index is 11.6. The summed E-state index contributed by atoms with van der Waals surface area (Å²) in [6.45, 7) is 0.791. The summed E-state index contributed by atoms with van der Waals surface area (Å²) >= 11 is 0. The van der Waals surface area contributed by atoms with Crippen LogP contribution in [0.2, 0.25) is 0 Å². The number of hydrogen-bond acceptors (Lipinski definition) is 6. The van der Waals surface area contributed by atoms with Crippen LogP contribution >= 0.6 is 0 Å². The second-order valence-electron chi connectivity index (χ2n) is 3.74. The van der Waals surface area contributed by atoms with Crippen molar-refractivity contribution in [3.63, 3.8) is 0 Å². The van der Waals surface area contributed by atoms with Gasteiger partial charge in [0.25, 0.3) is 5.91 Å². The number of epoxide rings is 2. The number of urea groups is 1. The molecule has 96 valence electrons. The lowest BCUT2D eigenvalue weighted by molar-refractivity contribution is -0.172. The van der Waals surface area contributed by atoms with E-state index in [4.69, 9.17) is 19.4 Å². The first-order valence-electron chi connectivity index (χ1n) is 5.28. The second kappa shape index (κ2) is 5.41. The number of ether oxygens (including phenoxy) is 2. The Labute approximate surface area is 97.4 Å². The van der Waals surface area contributed by atoms with Crippen LogP contribution in [0.15, 0.2) is 0 Å². The van der Waals surface area contributed by atoms with Gasteiger partial charge in [-0.1, -0.05) is 0 Å². The number of aliphatic hydroxyl groups excluding tert-OH is 1. The van der Waals surface area contributed by atoms with Gasteiger partial charge in [0.1, 0.15) is 19.3 Å². The predicted octanol–water partition coefficient (Wildman–Crippen LogP) is -1.75. The number of amides is 3. The number of hydrogen-bond donors (Lipinski definition) is 2. The normalized spacial score (nSPS) is 25.2. The van der Waals surface area contributed by atoms with Crippen molar-refractivity contribution in [3.05, 3.63) is 0 Å². The maximum atomic E-state index is 11.6. The highest BCUT2D eigenvalue weighted by atomic mass is 16.7. The van der Waals surface area contributed by atoms with Crippen LogP contribution in [0.1, 0.15) is 0 Å². The van der Waals surface area contributed by atoms with E-state index in [0.29, 0.717) is 24.8 Å². The topological polar surface area (TPSA) is 104 Å². The number of carbonyl (C=O) groups is 2. The van der Waals surface area contributed by atoms with E-state index in [1.54, 1.807) is 0 Å². The summed E-state index contributed by atoms with van der Waals surface area (Å²) < 4.78 is 9.79. The summed E-state index contributed by atoms with van der Waals surface area (Å²) in [5.41, 5.74) is 0. The number of carbonyl (C=O) groups excluding carboxylic acids is 2. The van der Waals surface area contributed by atoms with Crippen molar-refractivity contribution in [2.45, 2.75) is 12.2 Å². The summed E-state index contributed by atoms with van der Waals surface area (Å²) in [4.78, 5) is 27.8. The monoisotopic (exact) mass is 246 g/mol. The zero-order valence-corrected chi connectivity index (χ0v) is 9.13. The van der Waals surface area contributed by atoms with Gasteiger partial charge in [-0.2, -0.15) is 0 Å². The first kappa shape index (κ1) is 12.2. The summed E-state index contributed by atoms with van der Waals surface area (Å²) in [5, 5.41) is 11.7. The molecule has 2 N–H and O–H groups in total. The van der Waals surface area contributed by atoms with E-state index < -0.39 is 18.5 Å². The standard InChI is InChI=1S/C9H14N2O6/c12-2-8(13)11(17-5-7-4-16-7)9(14)10-1-6-3-15-6/h6-7,12H,1-5H2,(H,10,14). The zero-order valence-electron chi connectivity index (χ0n) is 9.13. The molecule has 2 rings (SSSR count). The van der Waals surface area contributed by atoms with E-state index in [9.17, 15) is 9.59 Å². The molecule has 0 bridgehead atoms. The van der Waals surface area contributed by atoms with Gasteiger partial charge in [-0.05, 0) is 0 Å². The third-order valence-electron chi connectivity index (χ3n) is 2.22. The van der Waals surface area contributed by atoms with Gasteiger partial charge in [0.05, 0.1) is 19.3 Å². The molecule has 2 atom stereocenters. The summed E-state index contributed by atoms with van der Waals surface area (Å²) in [6, 6.07) is -0.708. The van der Waals surface area contributed by atoms with Gasteiger partial charge >= 0.3 is 6.03 Å². The molecular formula is C9H14N2O6. The quantitative estimate of drug-likeness (QED) is 0.425. The molecule has 2 heterocycles. The van der Waals surface area contributed by atoms with Crippen LogP contribution in [0.3, 0.4) is 0 Å². The Hall–Kier alpha value is -1.22. The highest BCUT2D eigenvalue weighted by Crippen LogP contribution is 2.10. The number of hydroxylamine groups is 2. The van der Waals surface area contributed by atoms with Crippen molar-refractivity contribution >= 4 is 11.9 Å². The third kappa shape index (κ3) is 3.93. The minimum Gasteiger partial charge on any atom is -0.386 e. The van der Waals surface area contributed by atoms with E-state index in [1.807, 2.05) is 0 Å². The number of rotatable bonds is 6. The number of aliphatic hydroxyl groups is 1. The molecule has 0 radical (unpaired) electrons. The van der Waals surface area contributed by atoms with E-state index in [0.717, 1.165) is 0 Å². The molecule has 0 aromatic heterocycles. The Morgan fingerprint density at radius 3 is 2.53 bits per heavy atom. The SMILES string of the molecule is O=C(CO)N(OCC1CO1)C(=O)NCC1CO1. The molecule has 2 fully saturated rings. The van der Waals surface area contributed by atoms with Crippen molar-refractivity contribution < 1.29 is 29.0 Å². The van der Waals surface area contributed by atoms with Crippen LogP contribution in [-0.2, 0) is 19.1 Å². The Balaban J connectivity index is 1.77. The van der Waals surface area contributed by atoms with Crippen LogP contribution in [-0.4, -0.2) is 67.3 Å². The minimum atomic E-state index is -0.820. The fourth-order valence-corrected chi connectivity index (χ4v) is 1.09. The van der Waals surface area contributed by atoms with Crippen molar-refractivity contribution in [2.75, 3.05) is 33.0 Å². The van der Waals surface area contributed by atoms with Gasteiger partial charge in [-0.15, -0.1) is 5.06 Å². The van der Waals surface area contributed by atoms with Crippen molar-refractivity contribution in [1.82, 2.24) is 10.4 Å². The number of nitrogens with one attached hydrogen (secondary N) is 1. The van der Waals surface area contributed by atoms with Crippen LogP contribution in [0.4, 0.5) is 4.79 Å². The minimum absolute atomic E-state index is 0.0109. The molecule has 2 unspecified atom stereocenters. The molecule has 2 saturated heterocycles. The lowest BCUT2D eigenvalue weighted by Crippen LogP contribution is -2.46. The molecule has 0 spiro atoms. The molecule has 2 aliphatic heterocycles. The molecule has 8 heteroatoms. The smallest absolute Gasteiger partial charge is 0.348 e. The fraction of sp³-hybridized carbons (Fsp3) is 0.778. The predicted molar refractivity (Wildman–Crippen MR) is 52.8 cm³/mol. The molecule has 2 aliphatic rings. The van der Waals surface area contributed by atoms with E-state index in [1.165, 1.54) is 0 Å². The summed E-state index contributed by atoms with van der Waals surface area (Å²) in [7, 11) is 0. The number of nitrogens with zero attached hydrogens (tertiary/aromatic N) is 1. The third-order valence-corrected chi connectivity index (χ3v) is 2.22. The highest BCUT2D eigenvalue weighted by Gasteiger charge is 2.30. The number of imide groups is 1.